The van der Waals surface area contributed by atoms with Crippen LogP contribution < -0.4 is 10.1 Å². The number of amides is 1. The first-order valence-electron chi connectivity index (χ1n) is 7.48. The Morgan fingerprint density at radius 3 is 2.10 bits per heavy atom. The fraction of sp³-hybridized carbons (Fsp3) is 0.400. The molecule has 0 radical (unpaired) electrons. The van der Waals surface area contributed by atoms with Crippen molar-refractivity contribution in [3.05, 3.63) is 29.3 Å². The molecule has 0 saturated carbocycles. The van der Waals surface area contributed by atoms with Crippen molar-refractivity contribution >= 4 is 39.4 Å². The van der Waals surface area contributed by atoms with E-state index in [4.69, 9.17) is 15.0 Å². The molecule has 0 unspecified atom stereocenters. The van der Waals surface area contributed by atoms with Gasteiger partial charge in [0.1, 0.15) is 0 Å². The van der Waals surface area contributed by atoms with Gasteiger partial charge in [0, 0.05) is 18.1 Å². The number of benzene rings is 1. The summed E-state index contributed by atoms with van der Waals surface area (Å²) in [5.74, 6) is -6.06. The molecule has 29 heavy (non-hydrogen) atoms. The Hall–Kier alpha value is -2.22. The molecule has 0 heterocycles. The molecule has 0 spiro atoms. The minimum absolute atomic E-state index is 0.0698. The molecule has 0 aliphatic heterocycles. The highest BCUT2D eigenvalue weighted by Gasteiger charge is 2.38. The fourth-order valence-electron chi connectivity index (χ4n) is 1.41. The van der Waals surface area contributed by atoms with Crippen molar-refractivity contribution in [2.24, 2.45) is 0 Å². The fourth-order valence-corrected chi connectivity index (χ4v) is 3.30. The molecule has 0 atom stereocenters. The average molecular weight is 465 g/mol. The van der Waals surface area contributed by atoms with Crippen LogP contribution in [0.4, 0.5) is 22.0 Å². The number of alkyl halides is 3. The molecule has 1 aromatic carbocycles. The summed E-state index contributed by atoms with van der Waals surface area (Å²) in [6, 6.07) is 2.34. The Balaban J connectivity index is 0.000000956. The van der Waals surface area contributed by atoms with Crippen LogP contribution in [0.5, 0.6) is 5.75 Å². The summed E-state index contributed by atoms with van der Waals surface area (Å²) in [5, 5.41) is 18.0. The van der Waals surface area contributed by atoms with Crippen LogP contribution in [0.3, 0.4) is 0 Å². The normalized spacial score (nSPS) is 10.6. The second kappa shape index (κ2) is 13.1. The van der Waals surface area contributed by atoms with Gasteiger partial charge >= 0.3 is 18.1 Å². The number of rotatable bonds is 9. The molecule has 1 rings (SSSR count). The lowest BCUT2D eigenvalue weighted by molar-refractivity contribution is -0.192. The Morgan fingerprint density at radius 1 is 1.07 bits per heavy atom. The molecular formula is C15H16F5NO6S2. The van der Waals surface area contributed by atoms with Gasteiger partial charge < -0.3 is 20.3 Å². The second-order valence-electron chi connectivity index (χ2n) is 4.79. The number of aliphatic carboxylic acids is 2. The highest BCUT2D eigenvalue weighted by atomic mass is 33.1. The molecule has 0 aromatic heterocycles. The zero-order valence-corrected chi connectivity index (χ0v) is 16.3. The lowest BCUT2D eigenvalue weighted by Crippen LogP contribution is -2.26. The maximum atomic E-state index is 13.7. The smallest absolute Gasteiger partial charge is 0.490 e. The molecule has 0 saturated heterocycles. The number of nitrogens with one attached hydrogen (secondary N) is 1. The van der Waals surface area contributed by atoms with E-state index in [9.17, 15) is 31.5 Å². The lowest BCUT2D eigenvalue weighted by Gasteiger charge is -2.08. The first-order chi connectivity index (χ1) is 13.4. The van der Waals surface area contributed by atoms with Crippen LogP contribution in [0, 0.1) is 11.6 Å². The molecule has 164 valence electrons. The predicted molar refractivity (Wildman–Crippen MR) is 96.1 cm³/mol. The Morgan fingerprint density at radius 2 is 1.62 bits per heavy atom. The summed E-state index contributed by atoms with van der Waals surface area (Å²) in [4.78, 5) is 30.9. The number of halogens is 5. The largest absolute Gasteiger partial charge is 0.494 e. The molecule has 0 bridgehead atoms. The standard InChI is InChI=1S/C13H15F2NO4S2.C2HF3O2/c1-20-9-3-2-8(11(14)12(9)15)13(19)16-5-7-22-21-6-4-10(17)18;3-2(4,5)1(6)7/h2-3H,4-7H2,1H3,(H,16,19)(H,17,18);(H,6,7). The van der Waals surface area contributed by atoms with Crippen LogP contribution in [0.2, 0.25) is 0 Å². The van der Waals surface area contributed by atoms with E-state index >= 15 is 0 Å². The molecule has 0 aliphatic carbocycles. The number of methoxy groups -OCH3 is 1. The highest BCUT2D eigenvalue weighted by molar-refractivity contribution is 8.76. The maximum Gasteiger partial charge on any atom is 0.490 e. The van der Waals surface area contributed by atoms with E-state index in [1.165, 1.54) is 34.8 Å². The van der Waals surface area contributed by atoms with E-state index in [0.717, 1.165) is 6.07 Å². The third-order valence-corrected chi connectivity index (χ3v) is 5.12. The van der Waals surface area contributed by atoms with E-state index in [2.05, 4.69) is 10.1 Å². The molecule has 1 amide bonds. The van der Waals surface area contributed by atoms with Crippen LogP contribution in [0.25, 0.3) is 0 Å². The van der Waals surface area contributed by atoms with Gasteiger partial charge in [-0.1, -0.05) is 21.6 Å². The van der Waals surface area contributed by atoms with E-state index < -0.39 is 35.7 Å². The third-order valence-electron chi connectivity index (χ3n) is 2.71. The first kappa shape index (κ1) is 26.8. The van der Waals surface area contributed by atoms with Gasteiger partial charge in [-0.25, -0.2) is 9.18 Å². The van der Waals surface area contributed by atoms with Crippen molar-refractivity contribution in [2.45, 2.75) is 12.6 Å². The number of carbonyl (C=O) groups excluding carboxylic acids is 1. The van der Waals surface area contributed by atoms with Gasteiger partial charge in [-0.2, -0.15) is 17.6 Å². The molecule has 0 fully saturated rings. The number of carboxylic acids is 2. The van der Waals surface area contributed by atoms with Crippen LogP contribution >= 0.6 is 21.6 Å². The maximum absolute atomic E-state index is 13.7. The zero-order chi connectivity index (χ0) is 22.6. The van der Waals surface area contributed by atoms with Gasteiger partial charge in [0.05, 0.1) is 19.1 Å². The van der Waals surface area contributed by atoms with Crippen molar-refractivity contribution in [3.63, 3.8) is 0 Å². The van der Waals surface area contributed by atoms with Crippen molar-refractivity contribution in [2.75, 3.05) is 25.2 Å². The van der Waals surface area contributed by atoms with Gasteiger partial charge in [0.25, 0.3) is 5.91 Å². The molecule has 3 N–H and O–H groups in total. The molecule has 0 aliphatic rings. The molecule has 7 nitrogen and oxygen atoms in total. The highest BCUT2D eigenvalue weighted by Crippen LogP contribution is 2.23. The molecule has 14 heteroatoms. The molecule has 1 aromatic rings. The number of hydrogen-bond donors (Lipinski definition) is 3. The monoisotopic (exact) mass is 465 g/mol. The van der Waals surface area contributed by atoms with Gasteiger partial charge in [-0.15, -0.1) is 0 Å². The molecular weight excluding hydrogens is 449 g/mol. The van der Waals surface area contributed by atoms with Gasteiger partial charge in [-0.05, 0) is 12.1 Å². The average Bonchev–Trinajstić information content (AvgIpc) is 2.62. The SMILES string of the molecule is COc1ccc(C(=O)NCCSSCCC(=O)O)c(F)c1F.O=C(O)C(F)(F)F. The summed E-state index contributed by atoms with van der Waals surface area (Å²) < 4.78 is 63.5. The van der Waals surface area contributed by atoms with Crippen LogP contribution in [0.15, 0.2) is 12.1 Å². The van der Waals surface area contributed by atoms with Crippen LogP contribution in [0.1, 0.15) is 16.8 Å². The first-order valence-corrected chi connectivity index (χ1v) is 9.97. The number of carbonyl (C=O) groups is 3. The Kier molecular flexibility index (Phi) is 12.1. The van der Waals surface area contributed by atoms with Crippen molar-refractivity contribution in [1.29, 1.82) is 0 Å². The van der Waals surface area contributed by atoms with Gasteiger partial charge in [-0.3, -0.25) is 9.59 Å². The van der Waals surface area contributed by atoms with E-state index in [0.29, 0.717) is 11.5 Å². The van der Waals surface area contributed by atoms with Crippen LogP contribution in [-0.4, -0.2) is 59.4 Å². The zero-order valence-electron chi connectivity index (χ0n) is 14.7. The predicted octanol–water partition coefficient (Wildman–Crippen LogP) is 3.19. The van der Waals surface area contributed by atoms with Crippen molar-refractivity contribution in [1.82, 2.24) is 5.32 Å². The minimum Gasteiger partial charge on any atom is -0.494 e. The van der Waals surface area contributed by atoms with E-state index in [-0.39, 0.29) is 24.3 Å². The number of hydrogen-bond acceptors (Lipinski definition) is 6. The quantitative estimate of drug-likeness (QED) is 0.290. The summed E-state index contributed by atoms with van der Waals surface area (Å²) in [7, 11) is 3.98. The van der Waals surface area contributed by atoms with Gasteiger partial charge in [0.2, 0.25) is 5.82 Å². The number of ether oxygens (including phenoxy) is 1. The lowest BCUT2D eigenvalue weighted by atomic mass is 10.2. The third kappa shape index (κ3) is 10.8. The Labute approximate surface area is 169 Å². The Bertz CT molecular complexity index is 717. The van der Waals surface area contributed by atoms with Gasteiger partial charge in [0.15, 0.2) is 11.6 Å². The summed E-state index contributed by atoms with van der Waals surface area (Å²) in [5.41, 5.74) is -0.387. The van der Waals surface area contributed by atoms with Crippen molar-refractivity contribution < 1.29 is 51.3 Å². The summed E-state index contributed by atoms with van der Waals surface area (Å²) in [6.45, 7) is 0.261. The topological polar surface area (TPSA) is 113 Å². The summed E-state index contributed by atoms with van der Waals surface area (Å²) in [6.07, 6.45) is -5.01. The number of carboxylic acid groups (broad SMARTS) is 2. The summed E-state index contributed by atoms with van der Waals surface area (Å²) >= 11 is 0. The van der Waals surface area contributed by atoms with Crippen LogP contribution in [-0.2, 0) is 9.59 Å². The minimum atomic E-state index is -5.08. The van der Waals surface area contributed by atoms with E-state index in [1.54, 1.807) is 0 Å². The van der Waals surface area contributed by atoms with E-state index in [1.807, 2.05) is 0 Å². The second-order valence-corrected chi connectivity index (χ2v) is 7.49. The van der Waals surface area contributed by atoms with Crippen molar-refractivity contribution in [3.8, 4) is 5.75 Å².